The average molecular weight is 506 g/mol. The van der Waals surface area contributed by atoms with Gasteiger partial charge < -0.3 is 25.0 Å². The number of alkyl halides is 1. The lowest BCUT2D eigenvalue weighted by Gasteiger charge is -2.40. The van der Waals surface area contributed by atoms with E-state index < -0.39 is 5.06 Å². The molecule has 1 aliphatic carbocycles. The summed E-state index contributed by atoms with van der Waals surface area (Å²) in [6.45, 7) is 2.95. The van der Waals surface area contributed by atoms with Crippen molar-refractivity contribution < 1.29 is 19.1 Å². The Kier molecular flexibility index (Phi) is 7.73. The topological polar surface area (TPSA) is 79.9 Å². The van der Waals surface area contributed by atoms with Gasteiger partial charge in [0.2, 0.25) is 0 Å². The molecule has 1 heterocycles. The third-order valence-electron chi connectivity index (χ3n) is 6.20. The Hall–Kier alpha value is -2.64. The molecule has 7 nitrogen and oxygen atoms in total. The van der Waals surface area contributed by atoms with E-state index in [0.717, 1.165) is 31.4 Å². The Balaban J connectivity index is 1.23. The SMILES string of the molecule is CCN1CC(Cl)(C(=O)NC2CCC(NC(=O)COc3ccc(Cl)cc3)CC2)Oc2ccccc21. The van der Waals surface area contributed by atoms with Crippen LogP contribution >= 0.6 is 23.2 Å². The molecule has 1 aliphatic heterocycles. The molecule has 1 saturated carbocycles. The summed E-state index contributed by atoms with van der Waals surface area (Å²) in [4.78, 5) is 27.4. The second-order valence-electron chi connectivity index (χ2n) is 8.64. The van der Waals surface area contributed by atoms with Crippen LogP contribution in [0.5, 0.6) is 11.5 Å². The molecule has 1 unspecified atom stereocenters. The van der Waals surface area contributed by atoms with Gasteiger partial charge in [-0.25, -0.2) is 0 Å². The Morgan fingerprint density at radius 2 is 1.71 bits per heavy atom. The first kappa shape index (κ1) is 24.5. The highest BCUT2D eigenvalue weighted by Gasteiger charge is 2.45. The summed E-state index contributed by atoms with van der Waals surface area (Å²) in [5.74, 6) is 0.699. The van der Waals surface area contributed by atoms with Crippen LogP contribution in [0.25, 0.3) is 0 Å². The highest BCUT2D eigenvalue weighted by Crippen LogP contribution is 2.38. The van der Waals surface area contributed by atoms with Crippen LogP contribution in [0, 0.1) is 0 Å². The van der Waals surface area contributed by atoms with Gasteiger partial charge in [-0.2, -0.15) is 0 Å². The smallest absolute Gasteiger partial charge is 0.282 e. The van der Waals surface area contributed by atoms with E-state index >= 15 is 0 Å². The van der Waals surface area contributed by atoms with Gasteiger partial charge in [0.25, 0.3) is 16.9 Å². The van der Waals surface area contributed by atoms with Gasteiger partial charge in [0.05, 0.1) is 12.2 Å². The first-order valence-electron chi connectivity index (χ1n) is 11.6. The minimum atomic E-state index is -1.48. The third-order valence-corrected chi connectivity index (χ3v) is 6.82. The first-order valence-corrected chi connectivity index (χ1v) is 12.3. The van der Waals surface area contributed by atoms with Gasteiger partial charge >= 0.3 is 0 Å². The minimum absolute atomic E-state index is 0.0163. The van der Waals surface area contributed by atoms with Gasteiger partial charge in [-0.1, -0.05) is 35.3 Å². The van der Waals surface area contributed by atoms with Crippen LogP contribution in [0.1, 0.15) is 32.6 Å². The molecule has 0 radical (unpaired) electrons. The van der Waals surface area contributed by atoms with E-state index in [4.69, 9.17) is 32.7 Å². The maximum atomic E-state index is 13.1. The van der Waals surface area contributed by atoms with Crippen LogP contribution in [-0.2, 0) is 9.59 Å². The van der Waals surface area contributed by atoms with Crippen molar-refractivity contribution in [1.82, 2.24) is 10.6 Å². The lowest BCUT2D eigenvalue weighted by molar-refractivity contribution is -0.131. The monoisotopic (exact) mass is 505 g/mol. The quantitative estimate of drug-likeness (QED) is 0.553. The summed E-state index contributed by atoms with van der Waals surface area (Å²) < 4.78 is 11.4. The molecule has 1 atom stereocenters. The number of hydrogen-bond acceptors (Lipinski definition) is 5. The van der Waals surface area contributed by atoms with Gasteiger partial charge in [0.1, 0.15) is 11.5 Å². The molecule has 182 valence electrons. The van der Waals surface area contributed by atoms with Gasteiger partial charge in [0, 0.05) is 23.7 Å². The van der Waals surface area contributed by atoms with Gasteiger partial charge in [-0.05, 0) is 69.0 Å². The van der Waals surface area contributed by atoms with E-state index in [-0.39, 0.29) is 37.0 Å². The fourth-order valence-electron chi connectivity index (χ4n) is 4.37. The van der Waals surface area contributed by atoms with Crippen molar-refractivity contribution in [2.75, 3.05) is 24.6 Å². The number of anilines is 1. The van der Waals surface area contributed by atoms with Crippen LogP contribution in [0.15, 0.2) is 48.5 Å². The zero-order valence-corrected chi connectivity index (χ0v) is 20.6. The molecule has 0 bridgehead atoms. The summed E-state index contributed by atoms with van der Waals surface area (Å²) >= 11 is 12.5. The van der Waals surface area contributed by atoms with Crippen LogP contribution < -0.4 is 25.0 Å². The van der Waals surface area contributed by atoms with Crippen molar-refractivity contribution in [3.05, 3.63) is 53.6 Å². The second kappa shape index (κ2) is 10.7. The number of rotatable bonds is 7. The number of carbonyl (C=O) groups excluding carboxylic acids is 2. The largest absolute Gasteiger partial charge is 0.484 e. The number of fused-ring (bicyclic) bond motifs is 1. The normalized spacial score (nSPS) is 23.9. The first-order chi connectivity index (χ1) is 16.4. The zero-order chi connectivity index (χ0) is 24.1. The maximum absolute atomic E-state index is 13.1. The number of para-hydroxylation sites is 2. The van der Waals surface area contributed by atoms with Crippen molar-refractivity contribution >= 4 is 40.7 Å². The number of likely N-dealkylation sites (N-methyl/N-ethyl adjacent to an activating group) is 1. The number of carbonyl (C=O) groups is 2. The number of halogens is 2. The molecule has 2 amide bonds. The molecule has 2 N–H and O–H groups in total. The average Bonchev–Trinajstić information content (AvgIpc) is 2.84. The molecule has 34 heavy (non-hydrogen) atoms. The lowest BCUT2D eigenvalue weighted by atomic mass is 9.91. The molecular formula is C25H29Cl2N3O4. The standard InChI is InChI=1S/C25H29Cl2N3O4/c1-2-30-16-25(27,34-22-6-4-3-5-21(22)30)24(32)29-19-11-9-18(10-12-19)28-23(31)15-33-20-13-7-17(26)8-14-20/h3-8,13-14,18-19H,2,9-12,15-16H2,1H3,(H,28,31)(H,29,32). The van der Waals surface area contributed by atoms with Crippen LogP contribution in [0.3, 0.4) is 0 Å². The Bertz CT molecular complexity index is 1010. The van der Waals surface area contributed by atoms with E-state index in [0.29, 0.717) is 23.1 Å². The summed E-state index contributed by atoms with van der Waals surface area (Å²) in [6, 6.07) is 14.5. The van der Waals surface area contributed by atoms with E-state index in [1.165, 1.54) is 0 Å². The van der Waals surface area contributed by atoms with Crippen LogP contribution in [-0.4, -0.2) is 48.7 Å². The zero-order valence-electron chi connectivity index (χ0n) is 19.1. The highest BCUT2D eigenvalue weighted by atomic mass is 35.5. The van der Waals surface area contributed by atoms with Gasteiger partial charge in [-0.15, -0.1) is 0 Å². The third kappa shape index (κ3) is 5.88. The number of nitrogens with one attached hydrogen (secondary N) is 2. The molecule has 4 rings (SSSR count). The second-order valence-corrected chi connectivity index (χ2v) is 9.69. The van der Waals surface area contributed by atoms with E-state index in [9.17, 15) is 9.59 Å². The molecule has 2 aliphatic rings. The number of amides is 2. The molecule has 2 aromatic carbocycles. The van der Waals surface area contributed by atoms with Crippen molar-refractivity contribution in [3.8, 4) is 11.5 Å². The van der Waals surface area contributed by atoms with Gasteiger partial charge in [-0.3, -0.25) is 9.59 Å². The molecule has 0 spiro atoms. The van der Waals surface area contributed by atoms with Crippen molar-refractivity contribution in [2.24, 2.45) is 0 Å². The molecule has 0 saturated heterocycles. The van der Waals surface area contributed by atoms with Crippen molar-refractivity contribution in [3.63, 3.8) is 0 Å². The summed E-state index contributed by atoms with van der Waals surface area (Å²) in [5.41, 5.74) is 0.936. The molecule has 9 heteroatoms. The van der Waals surface area contributed by atoms with Crippen molar-refractivity contribution in [2.45, 2.75) is 49.8 Å². The summed E-state index contributed by atoms with van der Waals surface area (Å²) in [7, 11) is 0. The molecular weight excluding hydrogens is 477 g/mol. The lowest BCUT2D eigenvalue weighted by Crippen LogP contribution is -2.58. The molecule has 0 aromatic heterocycles. The Morgan fingerprint density at radius 3 is 2.38 bits per heavy atom. The van der Waals surface area contributed by atoms with Crippen molar-refractivity contribution in [1.29, 1.82) is 0 Å². The van der Waals surface area contributed by atoms with Crippen LogP contribution in [0.2, 0.25) is 5.02 Å². The number of hydrogen-bond donors (Lipinski definition) is 2. The Morgan fingerprint density at radius 1 is 1.06 bits per heavy atom. The highest BCUT2D eigenvalue weighted by molar-refractivity contribution is 6.34. The summed E-state index contributed by atoms with van der Waals surface area (Å²) in [6.07, 6.45) is 3.01. The summed E-state index contributed by atoms with van der Waals surface area (Å²) in [5, 5.41) is 5.20. The fourth-order valence-corrected chi connectivity index (χ4v) is 4.77. The molecule has 1 fully saturated rings. The fraction of sp³-hybridized carbons (Fsp3) is 0.440. The predicted molar refractivity (Wildman–Crippen MR) is 133 cm³/mol. The van der Waals surface area contributed by atoms with E-state index in [1.807, 2.05) is 36.1 Å². The Labute approximate surface area is 209 Å². The minimum Gasteiger partial charge on any atom is -0.484 e. The van der Waals surface area contributed by atoms with E-state index in [1.54, 1.807) is 24.3 Å². The van der Waals surface area contributed by atoms with Crippen LogP contribution in [0.4, 0.5) is 5.69 Å². The molecule has 2 aromatic rings. The predicted octanol–water partition coefficient (Wildman–Crippen LogP) is 4.12. The van der Waals surface area contributed by atoms with Gasteiger partial charge in [0.15, 0.2) is 6.61 Å². The maximum Gasteiger partial charge on any atom is 0.282 e. The number of nitrogens with zero attached hydrogens (tertiary/aromatic N) is 1. The number of ether oxygens (including phenoxy) is 2. The number of benzene rings is 2. The van der Waals surface area contributed by atoms with E-state index in [2.05, 4.69) is 10.6 Å².